The van der Waals surface area contributed by atoms with Crippen LogP contribution in [0.5, 0.6) is 0 Å². The molecule has 1 heterocycles. The first-order chi connectivity index (χ1) is 8.04. The van der Waals surface area contributed by atoms with Gasteiger partial charge >= 0.3 is 5.97 Å². The molecule has 94 valence electrons. The number of carbonyl (C=O) groups excluding carboxylic acids is 2. The predicted octanol–water partition coefficient (Wildman–Crippen LogP) is 0.820. The summed E-state index contributed by atoms with van der Waals surface area (Å²) in [6.07, 6.45) is 0. The molecular weight excluding hydrogens is 242 g/mol. The van der Waals surface area contributed by atoms with Crippen molar-refractivity contribution in [2.75, 3.05) is 32.6 Å². The van der Waals surface area contributed by atoms with Crippen LogP contribution in [0.4, 0.5) is 5.13 Å². The molecule has 0 fully saturated rings. The number of hydrogen-bond acceptors (Lipinski definition) is 6. The Labute approximate surface area is 104 Å². The molecule has 0 unspecified atom stereocenters. The average molecular weight is 257 g/mol. The van der Waals surface area contributed by atoms with Crippen LogP contribution in [0.15, 0.2) is 5.38 Å². The first-order valence-electron chi connectivity index (χ1n) is 5.11. The number of likely N-dealkylation sites (N-methyl/N-ethyl adjacent to an activating group) is 1. The number of ether oxygens (including phenoxy) is 1. The summed E-state index contributed by atoms with van der Waals surface area (Å²) in [5.74, 6) is -0.506. The zero-order valence-electron chi connectivity index (χ0n) is 10.0. The molecule has 1 rings (SSSR count). The number of thiazole rings is 1. The lowest BCUT2D eigenvalue weighted by molar-refractivity contribution is -0.126. The summed E-state index contributed by atoms with van der Waals surface area (Å²) in [7, 11) is 3.35. The third-order valence-corrected chi connectivity index (χ3v) is 2.68. The summed E-state index contributed by atoms with van der Waals surface area (Å²) < 4.78 is 4.81. The summed E-state index contributed by atoms with van der Waals surface area (Å²) >= 11 is 1.26. The van der Waals surface area contributed by atoms with E-state index in [1.54, 1.807) is 26.4 Å². The lowest BCUT2D eigenvalue weighted by Crippen LogP contribution is -2.28. The Morgan fingerprint density at radius 2 is 2.24 bits per heavy atom. The van der Waals surface area contributed by atoms with E-state index in [0.717, 1.165) is 0 Å². The summed E-state index contributed by atoms with van der Waals surface area (Å²) in [5.41, 5.74) is 0.261. The fourth-order valence-corrected chi connectivity index (χ4v) is 1.64. The lowest BCUT2D eigenvalue weighted by atomic mass is 10.5. The van der Waals surface area contributed by atoms with Crippen LogP contribution in [-0.2, 0) is 9.53 Å². The highest BCUT2D eigenvalue weighted by atomic mass is 32.1. The molecule has 0 bridgehead atoms. The van der Waals surface area contributed by atoms with E-state index in [4.69, 9.17) is 4.74 Å². The fraction of sp³-hybridized carbons (Fsp3) is 0.500. The zero-order chi connectivity index (χ0) is 12.8. The first kappa shape index (κ1) is 13.4. The van der Waals surface area contributed by atoms with Gasteiger partial charge in [0.2, 0.25) is 5.91 Å². The first-order valence-corrected chi connectivity index (χ1v) is 5.99. The van der Waals surface area contributed by atoms with Gasteiger partial charge in [-0.1, -0.05) is 0 Å². The highest BCUT2D eigenvalue weighted by molar-refractivity contribution is 7.13. The van der Waals surface area contributed by atoms with Gasteiger partial charge in [0.15, 0.2) is 10.8 Å². The Morgan fingerprint density at radius 3 is 2.82 bits per heavy atom. The van der Waals surface area contributed by atoms with Gasteiger partial charge in [0.05, 0.1) is 13.2 Å². The fourth-order valence-electron chi connectivity index (χ4n) is 0.963. The number of hydrogen-bond donors (Lipinski definition) is 1. The van der Waals surface area contributed by atoms with Crippen LogP contribution in [0.1, 0.15) is 17.4 Å². The minimum atomic E-state index is -0.448. The molecule has 0 aliphatic rings. The molecular formula is C10H15N3O3S. The smallest absolute Gasteiger partial charge is 0.357 e. The molecule has 0 saturated heterocycles. The van der Waals surface area contributed by atoms with Crippen molar-refractivity contribution in [2.45, 2.75) is 6.92 Å². The monoisotopic (exact) mass is 257 g/mol. The van der Waals surface area contributed by atoms with Gasteiger partial charge in [0.1, 0.15) is 0 Å². The van der Waals surface area contributed by atoms with E-state index in [0.29, 0.717) is 11.7 Å². The zero-order valence-corrected chi connectivity index (χ0v) is 10.8. The number of amides is 1. The number of nitrogens with zero attached hydrogens (tertiary/aromatic N) is 2. The molecule has 7 heteroatoms. The van der Waals surface area contributed by atoms with Crippen molar-refractivity contribution >= 4 is 28.3 Å². The highest BCUT2D eigenvalue weighted by Gasteiger charge is 2.12. The van der Waals surface area contributed by atoms with Gasteiger partial charge < -0.3 is 15.0 Å². The van der Waals surface area contributed by atoms with Gasteiger partial charge in [0, 0.05) is 19.5 Å². The molecule has 0 aliphatic carbocycles. The maximum absolute atomic E-state index is 11.3. The summed E-state index contributed by atoms with van der Waals surface area (Å²) in [4.78, 5) is 28.1. The molecule has 0 radical (unpaired) electrons. The molecule has 1 aromatic heterocycles. The number of aromatic nitrogens is 1. The highest BCUT2D eigenvalue weighted by Crippen LogP contribution is 2.15. The van der Waals surface area contributed by atoms with E-state index >= 15 is 0 Å². The Bertz CT molecular complexity index is 403. The topological polar surface area (TPSA) is 71.5 Å². The second-order valence-corrected chi connectivity index (χ2v) is 4.26. The van der Waals surface area contributed by atoms with Crippen LogP contribution in [0, 0.1) is 0 Å². The van der Waals surface area contributed by atoms with Crippen LogP contribution in [0.25, 0.3) is 0 Å². The number of carbonyl (C=O) groups is 2. The van der Waals surface area contributed by atoms with Crippen LogP contribution >= 0.6 is 11.3 Å². The van der Waals surface area contributed by atoms with Gasteiger partial charge in [-0.25, -0.2) is 9.78 Å². The SMILES string of the molecule is CCOC(=O)c1csc(NCC(=O)N(C)C)n1. The van der Waals surface area contributed by atoms with Crippen molar-refractivity contribution in [3.63, 3.8) is 0 Å². The normalized spacial score (nSPS) is 9.82. The molecule has 6 nitrogen and oxygen atoms in total. The molecule has 1 N–H and O–H groups in total. The van der Waals surface area contributed by atoms with Crippen molar-refractivity contribution in [3.8, 4) is 0 Å². The molecule has 0 aliphatic heterocycles. The summed E-state index contributed by atoms with van der Waals surface area (Å²) in [5, 5.41) is 4.98. The maximum Gasteiger partial charge on any atom is 0.357 e. The van der Waals surface area contributed by atoms with Gasteiger partial charge in [-0.05, 0) is 6.92 Å². The van der Waals surface area contributed by atoms with Crippen molar-refractivity contribution in [2.24, 2.45) is 0 Å². The third-order valence-electron chi connectivity index (χ3n) is 1.88. The van der Waals surface area contributed by atoms with Gasteiger partial charge in [-0.3, -0.25) is 4.79 Å². The van der Waals surface area contributed by atoms with Crippen LogP contribution in [0.3, 0.4) is 0 Å². The lowest BCUT2D eigenvalue weighted by Gasteiger charge is -2.09. The molecule has 0 aromatic carbocycles. The molecule has 0 atom stereocenters. The van der Waals surface area contributed by atoms with E-state index < -0.39 is 5.97 Å². The van der Waals surface area contributed by atoms with E-state index in [1.807, 2.05) is 0 Å². The van der Waals surface area contributed by atoms with E-state index in [1.165, 1.54) is 16.2 Å². The Morgan fingerprint density at radius 1 is 1.53 bits per heavy atom. The van der Waals surface area contributed by atoms with E-state index in [9.17, 15) is 9.59 Å². The maximum atomic E-state index is 11.3. The minimum absolute atomic E-state index is 0.0575. The van der Waals surface area contributed by atoms with Gasteiger partial charge in [-0.2, -0.15) is 0 Å². The quantitative estimate of drug-likeness (QED) is 0.791. The van der Waals surface area contributed by atoms with Crippen molar-refractivity contribution in [1.29, 1.82) is 0 Å². The van der Waals surface area contributed by atoms with Gasteiger partial charge in [0.25, 0.3) is 0 Å². The van der Waals surface area contributed by atoms with Crippen LogP contribution < -0.4 is 5.32 Å². The Kier molecular flexibility index (Phi) is 4.89. The third kappa shape index (κ3) is 4.03. The summed E-state index contributed by atoms with van der Waals surface area (Å²) in [6, 6.07) is 0. The number of esters is 1. The van der Waals surface area contributed by atoms with E-state index in [2.05, 4.69) is 10.3 Å². The van der Waals surface area contributed by atoms with Crippen molar-refractivity contribution < 1.29 is 14.3 Å². The van der Waals surface area contributed by atoms with Crippen molar-refractivity contribution in [3.05, 3.63) is 11.1 Å². The second kappa shape index (κ2) is 6.19. The minimum Gasteiger partial charge on any atom is -0.461 e. The average Bonchev–Trinajstić information content (AvgIpc) is 2.74. The largest absolute Gasteiger partial charge is 0.461 e. The molecule has 1 aromatic rings. The van der Waals surface area contributed by atoms with E-state index in [-0.39, 0.29) is 18.1 Å². The molecule has 1 amide bonds. The van der Waals surface area contributed by atoms with Crippen molar-refractivity contribution in [1.82, 2.24) is 9.88 Å². The number of anilines is 1. The number of nitrogens with one attached hydrogen (secondary N) is 1. The molecule has 17 heavy (non-hydrogen) atoms. The van der Waals surface area contributed by atoms with Crippen LogP contribution in [0.2, 0.25) is 0 Å². The van der Waals surface area contributed by atoms with Crippen LogP contribution in [-0.4, -0.2) is 49.0 Å². The Balaban J connectivity index is 2.51. The number of rotatable bonds is 5. The Hall–Kier alpha value is -1.63. The molecule has 0 saturated carbocycles. The molecule has 0 spiro atoms. The standard InChI is InChI=1S/C10H15N3O3S/c1-4-16-9(15)7-6-17-10(12-7)11-5-8(14)13(2)3/h6H,4-5H2,1-3H3,(H,11,12). The summed E-state index contributed by atoms with van der Waals surface area (Å²) in [6.45, 7) is 2.21. The predicted molar refractivity (Wildman–Crippen MR) is 65.3 cm³/mol. The second-order valence-electron chi connectivity index (χ2n) is 3.40. The van der Waals surface area contributed by atoms with Gasteiger partial charge in [-0.15, -0.1) is 11.3 Å².